The maximum Gasteiger partial charge on any atom is 0.345 e. The summed E-state index contributed by atoms with van der Waals surface area (Å²) in [5.74, 6) is -1.85. The minimum atomic E-state index is -1.31. The first kappa shape index (κ1) is 19.8. The Hall–Kier alpha value is -3.53. The predicted molar refractivity (Wildman–Crippen MR) is 94.7 cm³/mol. The first-order valence-electron chi connectivity index (χ1n) is 7.39. The molecule has 2 aromatic rings. The van der Waals surface area contributed by atoms with E-state index in [1.165, 1.54) is 31.2 Å². The van der Waals surface area contributed by atoms with Crippen molar-refractivity contribution < 1.29 is 24.2 Å². The quantitative estimate of drug-likeness (QED) is 0.450. The Bertz CT molecular complexity index is 932. The zero-order valence-corrected chi connectivity index (χ0v) is 14.5. The molecule has 11 heteroatoms. The number of non-ortho nitro benzene ring substituents is 1. The van der Waals surface area contributed by atoms with Crippen LogP contribution < -0.4 is 5.32 Å². The van der Waals surface area contributed by atoms with Crippen LogP contribution in [0.2, 0.25) is 5.02 Å². The van der Waals surface area contributed by atoms with Crippen LogP contribution in [0.4, 0.5) is 17.1 Å². The molecule has 10 nitrogen and oxygen atoms in total. The van der Waals surface area contributed by atoms with E-state index in [9.17, 15) is 29.8 Å². The van der Waals surface area contributed by atoms with Gasteiger partial charge >= 0.3 is 5.97 Å². The van der Waals surface area contributed by atoms with Crippen LogP contribution in [0.5, 0.6) is 0 Å². The minimum absolute atomic E-state index is 0.0645. The van der Waals surface area contributed by atoms with Gasteiger partial charge in [-0.05, 0) is 25.1 Å². The second-order valence-electron chi connectivity index (χ2n) is 5.26. The van der Waals surface area contributed by atoms with Crippen molar-refractivity contribution in [3.8, 4) is 0 Å². The molecule has 0 heterocycles. The zero-order valence-electron chi connectivity index (χ0n) is 13.7. The Morgan fingerprint density at radius 2 is 1.81 bits per heavy atom. The van der Waals surface area contributed by atoms with Gasteiger partial charge in [-0.3, -0.25) is 25.0 Å². The highest BCUT2D eigenvalue weighted by Gasteiger charge is 2.26. The number of anilines is 1. The third-order valence-corrected chi connectivity index (χ3v) is 3.59. The first-order chi connectivity index (χ1) is 12.7. The summed E-state index contributed by atoms with van der Waals surface area (Å²) < 4.78 is 4.95. The summed E-state index contributed by atoms with van der Waals surface area (Å²) in [6.07, 6.45) is -1.31. The molecule has 0 fully saturated rings. The van der Waals surface area contributed by atoms with Gasteiger partial charge in [-0.1, -0.05) is 17.7 Å². The Morgan fingerprint density at radius 1 is 1.11 bits per heavy atom. The van der Waals surface area contributed by atoms with Crippen LogP contribution in [0.1, 0.15) is 17.3 Å². The predicted octanol–water partition coefficient (Wildman–Crippen LogP) is 3.34. The van der Waals surface area contributed by atoms with Gasteiger partial charge < -0.3 is 10.1 Å². The maximum absolute atomic E-state index is 12.2. The van der Waals surface area contributed by atoms with Gasteiger partial charge in [0, 0.05) is 28.9 Å². The first-order valence-corrected chi connectivity index (χ1v) is 7.77. The molecule has 2 aromatic carbocycles. The summed E-state index contributed by atoms with van der Waals surface area (Å²) in [7, 11) is 0. The van der Waals surface area contributed by atoms with Crippen LogP contribution in [0.25, 0.3) is 0 Å². The lowest BCUT2D eigenvalue weighted by Gasteiger charge is -2.13. The van der Waals surface area contributed by atoms with E-state index in [1.54, 1.807) is 0 Å². The Balaban J connectivity index is 2.10. The Kier molecular flexibility index (Phi) is 6.03. The number of nitrogens with one attached hydrogen (secondary N) is 1. The molecule has 0 bridgehead atoms. The van der Waals surface area contributed by atoms with Crippen LogP contribution in [0.3, 0.4) is 0 Å². The number of nitro benzene ring substituents is 2. The van der Waals surface area contributed by atoms with Crippen LogP contribution in [-0.4, -0.2) is 27.8 Å². The standard InChI is InChI=1S/C16H12ClN3O7/c1-9(15(21)18-11-3-2-4-12(8-11)19(23)24)27-16(22)13-6-5-10(17)7-14(13)20(25)26/h2-9H,1H3,(H,18,21). The molecule has 1 atom stereocenters. The van der Waals surface area contributed by atoms with Crippen molar-refractivity contribution in [3.63, 3.8) is 0 Å². The number of nitrogens with zero attached hydrogens (tertiary/aromatic N) is 2. The molecule has 0 spiro atoms. The monoisotopic (exact) mass is 393 g/mol. The SMILES string of the molecule is CC(OC(=O)c1ccc(Cl)cc1[N+](=O)[O-])C(=O)Nc1cccc([N+](=O)[O-])c1. The van der Waals surface area contributed by atoms with Gasteiger partial charge in [0.25, 0.3) is 17.3 Å². The molecule has 2 rings (SSSR count). The fraction of sp³-hybridized carbons (Fsp3) is 0.125. The molecule has 0 saturated heterocycles. The summed E-state index contributed by atoms with van der Waals surface area (Å²) >= 11 is 5.68. The molecule has 0 aliphatic carbocycles. The van der Waals surface area contributed by atoms with E-state index in [0.717, 1.165) is 18.2 Å². The lowest BCUT2D eigenvalue weighted by molar-refractivity contribution is -0.385. The van der Waals surface area contributed by atoms with Crippen molar-refractivity contribution in [2.24, 2.45) is 0 Å². The average Bonchev–Trinajstić information content (AvgIpc) is 2.61. The molecule has 27 heavy (non-hydrogen) atoms. The van der Waals surface area contributed by atoms with Crippen molar-refractivity contribution in [1.29, 1.82) is 0 Å². The van der Waals surface area contributed by atoms with Crippen molar-refractivity contribution in [2.75, 3.05) is 5.32 Å². The molecule has 0 radical (unpaired) electrons. The van der Waals surface area contributed by atoms with E-state index < -0.39 is 33.5 Å². The maximum atomic E-state index is 12.2. The number of halogens is 1. The number of rotatable bonds is 6. The van der Waals surface area contributed by atoms with Crippen LogP contribution in [0, 0.1) is 20.2 Å². The molecule has 140 valence electrons. The summed E-state index contributed by atoms with van der Waals surface area (Å²) in [6, 6.07) is 8.57. The molecule has 1 unspecified atom stereocenters. The fourth-order valence-electron chi connectivity index (χ4n) is 2.05. The highest BCUT2D eigenvalue weighted by Crippen LogP contribution is 2.24. The Labute approximate surface area is 157 Å². The number of amides is 1. The molecule has 1 N–H and O–H groups in total. The van der Waals surface area contributed by atoms with Gasteiger partial charge in [0.05, 0.1) is 9.85 Å². The van der Waals surface area contributed by atoms with Crippen LogP contribution in [0.15, 0.2) is 42.5 Å². The molecule has 1 amide bonds. The minimum Gasteiger partial charge on any atom is -0.449 e. The topological polar surface area (TPSA) is 142 Å². The third kappa shape index (κ3) is 4.98. The summed E-state index contributed by atoms with van der Waals surface area (Å²) in [5.41, 5.74) is -1.01. The Morgan fingerprint density at radius 3 is 2.44 bits per heavy atom. The normalized spacial score (nSPS) is 11.3. The molecular weight excluding hydrogens is 382 g/mol. The number of hydrogen-bond acceptors (Lipinski definition) is 7. The molecule has 0 aliphatic rings. The summed E-state index contributed by atoms with van der Waals surface area (Å²) in [5, 5.41) is 24.2. The fourth-order valence-corrected chi connectivity index (χ4v) is 2.21. The van der Waals surface area contributed by atoms with Crippen LogP contribution in [-0.2, 0) is 9.53 Å². The van der Waals surface area contributed by atoms with Crippen molar-refractivity contribution in [2.45, 2.75) is 13.0 Å². The zero-order chi connectivity index (χ0) is 20.1. The van der Waals surface area contributed by atoms with E-state index in [4.69, 9.17) is 16.3 Å². The largest absolute Gasteiger partial charge is 0.449 e. The van der Waals surface area contributed by atoms with Gasteiger partial charge in [-0.2, -0.15) is 0 Å². The second kappa shape index (κ2) is 8.23. The lowest BCUT2D eigenvalue weighted by atomic mass is 10.2. The van der Waals surface area contributed by atoms with E-state index >= 15 is 0 Å². The molecule has 0 saturated carbocycles. The molecule has 0 aliphatic heterocycles. The van der Waals surface area contributed by atoms with Gasteiger partial charge in [0.15, 0.2) is 6.10 Å². The van der Waals surface area contributed by atoms with Gasteiger partial charge in [0.1, 0.15) is 5.56 Å². The van der Waals surface area contributed by atoms with E-state index in [-0.39, 0.29) is 22.0 Å². The second-order valence-corrected chi connectivity index (χ2v) is 5.70. The highest BCUT2D eigenvalue weighted by molar-refractivity contribution is 6.31. The molecule has 0 aromatic heterocycles. The van der Waals surface area contributed by atoms with Crippen molar-refractivity contribution >= 4 is 40.5 Å². The average molecular weight is 394 g/mol. The van der Waals surface area contributed by atoms with E-state index in [1.807, 2.05) is 0 Å². The molecular formula is C16H12ClN3O7. The van der Waals surface area contributed by atoms with Gasteiger partial charge in [-0.25, -0.2) is 4.79 Å². The van der Waals surface area contributed by atoms with E-state index in [0.29, 0.717) is 0 Å². The number of benzene rings is 2. The van der Waals surface area contributed by atoms with Crippen molar-refractivity contribution in [3.05, 3.63) is 73.3 Å². The number of carbonyl (C=O) groups excluding carboxylic acids is 2. The van der Waals surface area contributed by atoms with Gasteiger partial charge in [0.2, 0.25) is 0 Å². The number of nitro groups is 2. The van der Waals surface area contributed by atoms with E-state index in [2.05, 4.69) is 5.32 Å². The number of esters is 1. The number of carbonyl (C=O) groups is 2. The van der Waals surface area contributed by atoms with Crippen LogP contribution >= 0.6 is 11.6 Å². The lowest BCUT2D eigenvalue weighted by Crippen LogP contribution is -2.30. The summed E-state index contributed by atoms with van der Waals surface area (Å²) in [6.45, 7) is 1.26. The highest BCUT2D eigenvalue weighted by atomic mass is 35.5. The van der Waals surface area contributed by atoms with Gasteiger partial charge in [-0.15, -0.1) is 0 Å². The third-order valence-electron chi connectivity index (χ3n) is 3.35. The number of hydrogen-bond donors (Lipinski definition) is 1. The summed E-state index contributed by atoms with van der Waals surface area (Å²) in [4.78, 5) is 44.6. The smallest absolute Gasteiger partial charge is 0.345 e. The van der Waals surface area contributed by atoms with Crippen molar-refractivity contribution in [1.82, 2.24) is 0 Å². The number of ether oxygens (including phenoxy) is 1.